The van der Waals surface area contributed by atoms with Gasteiger partial charge in [-0.05, 0) is 24.3 Å². The summed E-state index contributed by atoms with van der Waals surface area (Å²) in [7, 11) is 0. The fraction of sp³-hybridized carbons (Fsp3) is 0.0714. The minimum absolute atomic E-state index is 0.142. The summed E-state index contributed by atoms with van der Waals surface area (Å²) in [6.07, 6.45) is 0. The molecule has 0 fully saturated rings. The van der Waals surface area contributed by atoms with Gasteiger partial charge in [-0.3, -0.25) is 0 Å². The lowest BCUT2D eigenvalue weighted by atomic mass is 10.1. The van der Waals surface area contributed by atoms with Gasteiger partial charge in [0.2, 0.25) is 5.82 Å². The van der Waals surface area contributed by atoms with Gasteiger partial charge in [-0.25, -0.2) is 8.78 Å². The smallest absolute Gasteiger partial charge is 0.200 e. The maximum Gasteiger partial charge on any atom is 0.200 e. The first-order chi connectivity index (χ1) is 9.51. The molecule has 2 aromatic rings. The van der Waals surface area contributed by atoms with E-state index in [1.807, 2.05) is 0 Å². The second-order valence-electron chi connectivity index (χ2n) is 3.91. The molecule has 0 atom stereocenters. The van der Waals surface area contributed by atoms with E-state index in [9.17, 15) is 13.2 Å². The van der Waals surface area contributed by atoms with Crippen molar-refractivity contribution in [2.24, 2.45) is 0 Å². The molecule has 0 aliphatic heterocycles. The Balaban J connectivity index is 2.19. The Labute approximate surface area is 121 Å². The van der Waals surface area contributed by atoms with Crippen LogP contribution >= 0.6 is 15.9 Å². The van der Waals surface area contributed by atoms with Gasteiger partial charge in [0.25, 0.3) is 0 Å². The van der Waals surface area contributed by atoms with Gasteiger partial charge in [-0.2, -0.15) is 9.65 Å². The average Bonchev–Trinajstić information content (AvgIpc) is 2.42. The van der Waals surface area contributed by atoms with Crippen LogP contribution in [0.1, 0.15) is 11.1 Å². The van der Waals surface area contributed by atoms with Crippen LogP contribution in [0.2, 0.25) is 0 Å². The van der Waals surface area contributed by atoms with Gasteiger partial charge in [0.05, 0.1) is 11.6 Å². The highest BCUT2D eigenvalue weighted by molar-refractivity contribution is 9.10. The van der Waals surface area contributed by atoms with E-state index in [1.54, 1.807) is 6.07 Å². The minimum atomic E-state index is -1.14. The van der Waals surface area contributed by atoms with Crippen molar-refractivity contribution in [3.05, 3.63) is 63.4 Å². The molecule has 0 saturated heterocycles. The van der Waals surface area contributed by atoms with E-state index < -0.39 is 17.5 Å². The van der Waals surface area contributed by atoms with Crippen LogP contribution in [0, 0.1) is 28.8 Å². The zero-order chi connectivity index (χ0) is 14.7. The summed E-state index contributed by atoms with van der Waals surface area (Å²) in [5.74, 6) is -3.16. The van der Waals surface area contributed by atoms with Crippen LogP contribution in [-0.2, 0) is 6.61 Å². The average molecular weight is 342 g/mol. The maximum absolute atomic E-state index is 13.6. The molecule has 2 nitrogen and oxygen atoms in total. The lowest BCUT2D eigenvalue weighted by Crippen LogP contribution is -2.01. The number of halogens is 4. The summed E-state index contributed by atoms with van der Waals surface area (Å²) in [5.41, 5.74) is 0.315. The predicted octanol–water partition coefficient (Wildman–Crippen LogP) is 4.32. The second kappa shape index (κ2) is 5.97. The molecule has 0 aliphatic rings. The fourth-order valence-electron chi connectivity index (χ4n) is 1.53. The van der Waals surface area contributed by atoms with Crippen molar-refractivity contribution in [1.82, 2.24) is 0 Å². The van der Waals surface area contributed by atoms with Gasteiger partial charge in [-0.1, -0.05) is 22.0 Å². The number of ether oxygens (including phenoxy) is 1. The normalized spacial score (nSPS) is 10.2. The molecule has 0 N–H and O–H groups in total. The molecule has 2 aromatic carbocycles. The van der Waals surface area contributed by atoms with Crippen LogP contribution in [0.25, 0.3) is 0 Å². The van der Waals surface area contributed by atoms with E-state index in [4.69, 9.17) is 10.00 Å². The third-order valence-electron chi connectivity index (χ3n) is 2.52. The van der Waals surface area contributed by atoms with Gasteiger partial charge in [0.1, 0.15) is 12.4 Å². The van der Waals surface area contributed by atoms with Crippen molar-refractivity contribution >= 4 is 15.9 Å². The fourth-order valence-corrected chi connectivity index (χ4v) is 1.94. The van der Waals surface area contributed by atoms with E-state index in [-0.39, 0.29) is 23.5 Å². The van der Waals surface area contributed by atoms with Crippen LogP contribution in [-0.4, -0.2) is 0 Å². The van der Waals surface area contributed by atoms with Crippen molar-refractivity contribution < 1.29 is 17.9 Å². The third-order valence-corrected chi connectivity index (χ3v) is 2.98. The molecule has 0 spiro atoms. The summed E-state index contributed by atoms with van der Waals surface area (Å²) >= 11 is 3.01. The summed E-state index contributed by atoms with van der Waals surface area (Å²) in [4.78, 5) is 0. The van der Waals surface area contributed by atoms with Gasteiger partial charge >= 0.3 is 0 Å². The molecule has 0 unspecified atom stereocenters. The molecule has 0 aliphatic carbocycles. The van der Waals surface area contributed by atoms with E-state index in [0.29, 0.717) is 4.47 Å². The second-order valence-corrected chi connectivity index (χ2v) is 4.82. The first-order valence-electron chi connectivity index (χ1n) is 5.47. The third kappa shape index (κ3) is 3.11. The summed E-state index contributed by atoms with van der Waals surface area (Å²) < 4.78 is 45.6. The number of rotatable bonds is 3. The number of hydrogen-bond donors (Lipinski definition) is 0. The van der Waals surface area contributed by atoms with Crippen LogP contribution in [0.4, 0.5) is 13.2 Å². The Bertz CT molecular complexity index is 698. The van der Waals surface area contributed by atoms with Crippen molar-refractivity contribution in [1.29, 1.82) is 5.26 Å². The summed E-state index contributed by atoms with van der Waals surface area (Å²) in [5, 5.41) is 8.61. The Morgan fingerprint density at radius 2 is 1.85 bits per heavy atom. The highest BCUT2D eigenvalue weighted by Crippen LogP contribution is 2.26. The molecule has 0 heterocycles. The molecule has 0 aromatic heterocycles. The van der Waals surface area contributed by atoms with Crippen molar-refractivity contribution in [2.45, 2.75) is 6.61 Å². The Morgan fingerprint density at radius 3 is 2.50 bits per heavy atom. The van der Waals surface area contributed by atoms with E-state index in [2.05, 4.69) is 15.9 Å². The first kappa shape index (κ1) is 14.4. The zero-order valence-corrected chi connectivity index (χ0v) is 11.5. The molecule has 0 amide bonds. The first-order valence-corrected chi connectivity index (χ1v) is 6.26. The van der Waals surface area contributed by atoms with Crippen LogP contribution < -0.4 is 4.74 Å². The quantitative estimate of drug-likeness (QED) is 0.779. The lowest BCUT2D eigenvalue weighted by Gasteiger charge is -2.09. The maximum atomic E-state index is 13.6. The highest BCUT2D eigenvalue weighted by Gasteiger charge is 2.12. The van der Waals surface area contributed by atoms with E-state index >= 15 is 0 Å². The van der Waals surface area contributed by atoms with Crippen LogP contribution in [0.3, 0.4) is 0 Å². The number of hydrogen-bond acceptors (Lipinski definition) is 2. The summed E-state index contributed by atoms with van der Waals surface area (Å²) in [6, 6.07) is 7.84. The number of nitrogens with zero attached hydrogens (tertiary/aromatic N) is 1. The van der Waals surface area contributed by atoms with Gasteiger partial charge in [0, 0.05) is 10.0 Å². The van der Waals surface area contributed by atoms with Crippen molar-refractivity contribution in [3.8, 4) is 11.8 Å². The molecule has 0 radical (unpaired) electrons. The molecule has 0 saturated carbocycles. The predicted molar refractivity (Wildman–Crippen MR) is 69.5 cm³/mol. The van der Waals surface area contributed by atoms with Gasteiger partial charge in [-0.15, -0.1) is 0 Å². The molecule has 20 heavy (non-hydrogen) atoms. The monoisotopic (exact) mass is 341 g/mol. The molecule has 0 bridgehead atoms. The van der Waals surface area contributed by atoms with Crippen LogP contribution in [0.15, 0.2) is 34.8 Å². The Morgan fingerprint density at radius 1 is 1.10 bits per heavy atom. The molecular weight excluding hydrogens is 335 g/mol. The molecular formula is C14H7BrF3NO. The molecule has 2 rings (SSSR count). The van der Waals surface area contributed by atoms with Crippen LogP contribution in [0.5, 0.6) is 5.75 Å². The standard InChI is InChI=1S/C14H7BrF3NO/c15-10-4-12(17)14(18)13(5-10)20-7-9-2-1-8(6-19)3-11(9)16/h1-5H,7H2. The molecule has 6 heteroatoms. The summed E-state index contributed by atoms with van der Waals surface area (Å²) in [6.45, 7) is -0.273. The lowest BCUT2D eigenvalue weighted by molar-refractivity contribution is 0.279. The topological polar surface area (TPSA) is 33.0 Å². The highest BCUT2D eigenvalue weighted by atomic mass is 79.9. The van der Waals surface area contributed by atoms with Crippen molar-refractivity contribution in [2.75, 3.05) is 0 Å². The Hall–Kier alpha value is -2.00. The van der Waals surface area contributed by atoms with Crippen molar-refractivity contribution in [3.63, 3.8) is 0 Å². The Kier molecular flexibility index (Phi) is 4.30. The number of benzene rings is 2. The molecule has 102 valence electrons. The minimum Gasteiger partial charge on any atom is -0.486 e. The van der Waals surface area contributed by atoms with Gasteiger partial charge < -0.3 is 4.74 Å². The van der Waals surface area contributed by atoms with E-state index in [1.165, 1.54) is 18.2 Å². The SMILES string of the molecule is N#Cc1ccc(COc2cc(Br)cc(F)c2F)c(F)c1. The van der Waals surface area contributed by atoms with Gasteiger partial charge in [0.15, 0.2) is 11.6 Å². The zero-order valence-electron chi connectivity index (χ0n) is 9.96. The largest absolute Gasteiger partial charge is 0.486 e. The van der Waals surface area contributed by atoms with E-state index in [0.717, 1.165) is 12.1 Å². The number of nitriles is 1.